The van der Waals surface area contributed by atoms with Crippen LogP contribution in [-0.4, -0.2) is 44.9 Å². The molecule has 6 heteroatoms. The maximum Gasteiger partial charge on any atom is 0.243 e. The van der Waals surface area contributed by atoms with E-state index in [1.54, 1.807) is 17.8 Å². The smallest absolute Gasteiger partial charge is 0.243 e. The fraction of sp³-hybridized carbons (Fsp3) is 0.385. The van der Waals surface area contributed by atoms with Gasteiger partial charge in [0.1, 0.15) is 6.04 Å². The molecule has 2 rings (SSSR count). The van der Waals surface area contributed by atoms with Gasteiger partial charge in [-0.2, -0.15) is 0 Å². The number of nitrogens with zero attached hydrogens (tertiary/aromatic N) is 2. The first-order chi connectivity index (χ1) is 9.17. The van der Waals surface area contributed by atoms with Crippen molar-refractivity contribution in [2.45, 2.75) is 19.0 Å². The molecule has 1 heterocycles. The first kappa shape index (κ1) is 13.5. The van der Waals surface area contributed by atoms with Gasteiger partial charge in [0.15, 0.2) is 0 Å². The van der Waals surface area contributed by atoms with E-state index in [0.717, 1.165) is 11.0 Å². The molecule has 0 aliphatic carbocycles. The molecule has 1 atom stereocenters. The normalized spacial score (nSPS) is 12.8. The van der Waals surface area contributed by atoms with Crippen LogP contribution in [0.3, 0.4) is 0 Å². The van der Waals surface area contributed by atoms with Crippen molar-refractivity contribution in [2.24, 2.45) is 0 Å². The number of imidazole rings is 1. The molecule has 1 amide bonds. The zero-order valence-electron chi connectivity index (χ0n) is 10.7. The van der Waals surface area contributed by atoms with Crippen molar-refractivity contribution in [3.05, 3.63) is 30.6 Å². The van der Waals surface area contributed by atoms with Gasteiger partial charge in [0.2, 0.25) is 5.91 Å². The Balaban J connectivity index is 2.19. The molecule has 0 fully saturated rings. The second kappa shape index (κ2) is 5.81. The topological polar surface area (TPSA) is 87.4 Å². The van der Waals surface area contributed by atoms with Gasteiger partial charge < -0.3 is 20.1 Å². The number of carbonyl (C=O) groups is 1. The van der Waals surface area contributed by atoms with Gasteiger partial charge in [-0.25, -0.2) is 4.98 Å². The number of aliphatic hydroxyl groups is 2. The number of hydrogen-bond acceptors (Lipinski definition) is 4. The zero-order chi connectivity index (χ0) is 13.8. The Kier molecular flexibility index (Phi) is 4.13. The summed E-state index contributed by atoms with van der Waals surface area (Å²) in [7, 11) is 0. The summed E-state index contributed by atoms with van der Waals surface area (Å²) in [6.45, 7) is 1.16. The molecular formula is C13H17N3O3. The van der Waals surface area contributed by atoms with Gasteiger partial charge in [0.25, 0.3) is 0 Å². The third-order valence-corrected chi connectivity index (χ3v) is 3.06. The molecule has 19 heavy (non-hydrogen) atoms. The molecule has 0 bridgehead atoms. The average molecular weight is 263 g/mol. The van der Waals surface area contributed by atoms with E-state index in [9.17, 15) is 4.79 Å². The minimum atomic E-state index is -0.635. The lowest BCUT2D eigenvalue weighted by Gasteiger charge is -2.18. The van der Waals surface area contributed by atoms with E-state index in [-0.39, 0.29) is 19.1 Å². The van der Waals surface area contributed by atoms with Crippen molar-refractivity contribution in [1.82, 2.24) is 14.9 Å². The Morgan fingerprint density at radius 1 is 1.37 bits per heavy atom. The van der Waals surface area contributed by atoms with Crippen LogP contribution in [0.1, 0.15) is 13.0 Å². The third kappa shape index (κ3) is 2.74. The Labute approximate surface area is 110 Å². The van der Waals surface area contributed by atoms with Crippen molar-refractivity contribution in [3.8, 4) is 0 Å². The quantitative estimate of drug-likeness (QED) is 0.712. The van der Waals surface area contributed by atoms with E-state index in [2.05, 4.69) is 10.3 Å². The second-order valence-corrected chi connectivity index (χ2v) is 4.39. The second-order valence-electron chi connectivity index (χ2n) is 4.39. The van der Waals surface area contributed by atoms with Crippen LogP contribution in [0.5, 0.6) is 0 Å². The van der Waals surface area contributed by atoms with E-state index in [4.69, 9.17) is 10.2 Å². The van der Waals surface area contributed by atoms with Crippen LogP contribution < -0.4 is 5.32 Å². The van der Waals surface area contributed by atoms with Crippen molar-refractivity contribution < 1.29 is 15.0 Å². The molecule has 0 aliphatic rings. The number of para-hydroxylation sites is 2. The molecule has 1 aromatic heterocycles. The van der Waals surface area contributed by atoms with Crippen molar-refractivity contribution in [3.63, 3.8) is 0 Å². The summed E-state index contributed by atoms with van der Waals surface area (Å²) in [5, 5.41) is 20.5. The molecule has 0 saturated carbocycles. The highest BCUT2D eigenvalue weighted by atomic mass is 16.3. The summed E-state index contributed by atoms with van der Waals surface area (Å²) in [6, 6.07) is 6.44. The van der Waals surface area contributed by atoms with Crippen LogP contribution >= 0.6 is 0 Å². The number of carbonyl (C=O) groups excluding carboxylic acids is 1. The first-order valence-electron chi connectivity index (χ1n) is 6.11. The van der Waals surface area contributed by atoms with Crippen LogP contribution in [0, 0.1) is 0 Å². The molecule has 1 unspecified atom stereocenters. The molecule has 0 aliphatic heterocycles. The Bertz CT molecular complexity index is 563. The minimum Gasteiger partial charge on any atom is -0.394 e. The number of amides is 1. The number of benzene rings is 1. The van der Waals surface area contributed by atoms with Crippen LogP contribution in [0.4, 0.5) is 0 Å². The lowest BCUT2D eigenvalue weighted by atomic mass is 10.2. The molecule has 1 aromatic carbocycles. The van der Waals surface area contributed by atoms with Gasteiger partial charge in [-0.3, -0.25) is 4.79 Å². The van der Waals surface area contributed by atoms with E-state index >= 15 is 0 Å². The fourth-order valence-corrected chi connectivity index (χ4v) is 1.88. The Hall–Kier alpha value is -1.92. The lowest BCUT2D eigenvalue weighted by molar-refractivity contribution is -0.125. The van der Waals surface area contributed by atoms with Gasteiger partial charge >= 0.3 is 0 Å². The minimum absolute atomic E-state index is 0.267. The average Bonchev–Trinajstić information content (AvgIpc) is 2.87. The van der Waals surface area contributed by atoms with E-state index in [1.165, 1.54) is 0 Å². The van der Waals surface area contributed by atoms with E-state index in [1.807, 2.05) is 24.3 Å². The number of hydrogen-bond donors (Lipinski definition) is 3. The summed E-state index contributed by atoms with van der Waals surface area (Å²) in [4.78, 5) is 16.3. The van der Waals surface area contributed by atoms with Crippen LogP contribution in [0.2, 0.25) is 0 Å². The summed E-state index contributed by atoms with van der Waals surface area (Å²) in [6.07, 6.45) is 1.61. The Morgan fingerprint density at radius 2 is 2.05 bits per heavy atom. The largest absolute Gasteiger partial charge is 0.394 e. The highest BCUT2D eigenvalue weighted by Gasteiger charge is 2.19. The molecule has 6 nitrogen and oxygen atoms in total. The van der Waals surface area contributed by atoms with Gasteiger partial charge in [-0.05, 0) is 19.1 Å². The summed E-state index contributed by atoms with van der Waals surface area (Å²) >= 11 is 0. The number of aromatic nitrogens is 2. The highest BCUT2D eigenvalue weighted by Crippen LogP contribution is 2.17. The maximum absolute atomic E-state index is 12.0. The molecule has 3 N–H and O–H groups in total. The van der Waals surface area contributed by atoms with Crippen molar-refractivity contribution in [1.29, 1.82) is 0 Å². The van der Waals surface area contributed by atoms with Gasteiger partial charge in [0, 0.05) is 0 Å². The lowest BCUT2D eigenvalue weighted by Crippen LogP contribution is -2.43. The fourth-order valence-electron chi connectivity index (χ4n) is 1.88. The molecule has 0 spiro atoms. The molecular weight excluding hydrogens is 246 g/mol. The summed E-state index contributed by atoms with van der Waals surface area (Å²) < 4.78 is 1.76. The first-order valence-corrected chi connectivity index (χ1v) is 6.11. The summed E-state index contributed by atoms with van der Waals surface area (Å²) in [5.41, 5.74) is 1.69. The molecule has 2 aromatic rings. The van der Waals surface area contributed by atoms with Crippen molar-refractivity contribution in [2.75, 3.05) is 13.2 Å². The zero-order valence-corrected chi connectivity index (χ0v) is 10.7. The third-order valence-electron chi connectivity index (χ3n) is 3.06. The number of fused-ring (bicyclic) bond motifs is 1. The van der Waals surface area contributed by atoms with Crippen LogP contribution in [0.25, 0.3) is 11.0 Å². The standard InChI is InChI=1S/C13H17N3O3/c1-9(13(19)15-10(6-17)7-18)16-8-14-11-4-2-3-5-12(11)16/h2-5,8-10,17-18H,6-7H2,1H3,(H,15,19). The molecule has 102 valence electrons. The Morgan fingerprint density at radius 3 is 2.74 bits per heavy atom. The van der Waals surface area contributed by atoms with Crippen LogP contribution in [0.15, 0.2) is 30.6 Å². The van der Waals surface area contributed by atoms with Crippen molar-refractivity contribution >= 4 is 16.9 Å². The van der Waals surface area contributed by atoms with Gasteiger partial charge in [-0.1, -0.05) is 12.1 Å². The van der Waals surface area contributed by atoms with E-state index in [0.29, 0.717) is 0 Å². The van der Waals surface area contributed by atoms with Gasteiger partial charge in [-0.15, -0.1) is 0 Å². The number of nitrogens with one attached hydrogen (secondary N) is 1. The maximum atomic E-state index is 12.0. The number of aliphatic hydroxyl groups excluding tert-OH is 2. The molecule has 0 saturated heterocycles. The van der Waals surface area contributed by atoms with Gasteiger partial charge in [0.05, 0.1) is 36.6 Å². The molecule has 0 radical (unpaired) electrons. The highest BCUT2D eigenvalue weighted by molar-refractivity contribution is 5.83. The predicted molar refractivity (Wildman–Crippen MR) is 70.5 cm³/mol. The predicted octanol–water partition coefficient (Wildman–Crippen LogP) is 0.0667. The monoisotopic (exact) mass is 263 g/mol. The number of rotatable bonds is 5. The summed E-state index contributed by atoms with van der Waals surface area (Å²) in [5.74, 6) is -0.267. The SMILES string of the molecule is CC(C(=O)NC(CO)CO)n1cnc2ccccc21. The van der Waals surface area contributed by atoms with Crippen LogP contribution in [-0.2, 0) is 4.79 Å². The van der Waals surface area contributed by atoms with E-state index < -0.39 is 12.1 Å².